The van der Waals surface area contributed by atoms with E-state index in [0.29, 0.717) is 5.01 Å². The van der Waals surface area contributed by atoms with E-state index >= 15 is 0 Å². The first-order valence-electron chi connectivity index (χ1n) is 7.76. The highest BCUT2D eigenvalue weighted by Crippen LogP contribution is 2.26. The smallest absolute Gasteiger partial charge is 0.426 e. The van der Waals surface area contributed by atoms with Crippen molar-refractivity contribution in [1.29, 1.82) is 0 Å². The van der Waals surface area contributed by atoms with E-state index in [2.05, 4.69) is 0 Å². The van der Waals surface area contributed by atoms with Crippen LogP contribution in [0, 0.1) is 6.92 Å². The molecule has 1 aromatic carbocycles. The van der Waals surface area contributed by atoms with E-state index in [1.807, 2.05) is 36.6 Å². The summed E-state index contributed by atoms with van der Waals surface area (Å²) in [5, 5.41) is 18.8. The minimum Gasteiger partial charge on any atom is -0.464 e. The van der Waals surface area contributed by atoms with Gasteiger partial charge in [0.1, 0.15) is 12.1 Å². The molecule has 3 N–H and O–H groups in total. The van der Waals surface area contributed by atoms with Gasteiger partial charge in [0.05, 0.1) is 6.61 Å². The zero-order valence-electron chi connectivity index (χ0n) is 14.3. The third-order valence-corrected chi connectivity index (χ3v) is 3.71. The molecule has 0 aliphatic carbocycles. The van der Waals surface area contributed by atoms with Crippen molar-refractivity contribution in [2.24, 2.45) is 0 Å². The number of ether oxygens (including phenoxy) is 2. The van der Waals surface area contributed by atoms with Crippen LogP contribution in [0.25, 0.3) is 6.08 Å². The van der Waals surface area contributed by atoms with Crippen molar-refractivity contribution in [1.82, 2.24) is 10.4 Å². The summed E-state index contributed by atoms with van der Waals surface area (Å²) >= 11 is 0. The molecule has 1 aromatic rings. The highest BCUT2D eigenvalue weighted by molar-refractivity contribution is 5.72. The number of carboxylic acid groups (broad SMARTS) is 2. The first-order chi connectivity index (χ1) is 11.7. The van der Waals surface area contributed by atoms with Crippen molar-refractivity contribution in [3.05, 3.63) is 41.5 Å². The van der Waals surface area contributed by atoms with Gasteiger partial charge in [0, 0.05) is 0 Å². The SMILES string of the molecule is Cc1ccc(C=C[C@@H]2OC(C)(C)OCC2N(NC(=O)O)C(=O)O)cc1. The fraction of sp³-hybridized carbons (Fsp3) is 0.412. The van der Waals surface area contributed by atoms with Crippen molar-refractivity contribution in [3.8, 4) is 0 Å². The van der Waals surface area contributed by atoms with Crippen LogP contribution in [0.2, 0.25) is 0 Å². The molecule has 0 spiro atoms. The monoisotopic (exact) mass is 350 g/mol. The molecule has 1 fully saturated rings. The highest BCUT2D eigenvalue weighted by Gasteiger charge is 2.41. The molecule has 2 rings (SSSR count). The number of hydrazine groups is 1. The number of nitrogens with zero attached hydrogens (tertiary/aromatic N) is 1. The van der Waals surface area contributed by atoms with E-state index in [1.165, 1.54) is 0 Å². The Kier molecular flexibility index (Phi) is 5.66. The number of hydrogen-bond acceptors (Lipinski definition) is 4. The van der Waals surface area contributed by atoms with E-state index in [4.69, 9.17) is 14.6 Å². The lowest BCUT2D eigenvalue weighted by molar-refractivity contribution is -0.282. The molecule has 2 atom stereocenters. The molecule has 0 aromatic heterocycles. The number of benzene rings is 1. The van der Waals surface area contributed by atoms with Gasteiger partial charge in [-0.05, 0) is 26.3 Å². The lowest BCUT2D eigenvalue weighted by Gasteiger charge is -2.42. The first kappa shape index (κ1) is 18.8. The van der Waals surface area contributed by atoms with Crippen LogP contribution in [0.15, 0.2) is 30.3 Å². The Balaban J connectivity index is 2.25. The summed E-state index contributed by atoms with van der Waals surface area (Å²) < 4.78 is 11.3. The number of hydrogen-bond donors (Lipinski definition) is 3. The number of amides is 2. The largest absolute Gasteiger partial charge is 0.464 e. The molecule has 1 saturated heterocycles. The number of carbonyl (C=O) groups is 2. The minimum absolute atomic E-state index is 0.0114. The minimum atomic E-state index is -1.48. The van der Waals surface area contributed by atoms with E-state index < -0.39 is 30.1 Å². The van der Waals surface area contributed by atoms with Crippen LogP contribution in [0.4, 0.5) is 9.59 Å². The molecule has 1 aliphatic rings. The Hall–Kier alpha value is -2.58. The molecule has 8 nitrogen and oxygen atoms in total. The Bertz CT molecular complexity index is 656. The zero-order valence-corrected chi connectivity index (χ0v) is 14.3. The Morgan fingerprint density at radius 2 is 1.92 bits per heavy atom. The maximum absolute atomic E-state index is 11.4. The molecule has 0 bridgehead atoms. The summed E-state index contributed by atoms with van der Waals surface area (Å²) in [7, 11) is 0. The molecular formula is C17H22N2O6. The van der Waals surface area contributed by atoms with E-state index in [-0.39, 0.29) is 6.61 Å². The molecule has 1 heterocycles. The predicted molar refractivity (Wildman–Crippen MR) is 89.9 cm³/mol. The van der Waals surface area contributed by atoms with Gasteiger partial charge < -0.3 is 19.7 Å². The van der Waals surface area contributed by atoms with Crippen molar-refractivity contribution >= 4 is 18.3 Å². The van der Waals surface area contributed by atoms with E-state index in [0.717, 1.165) is 11.1 Å². The van der Waals surface area contributed by atoms with Crippen molar-refractivity contribution in [2.75, 3.05) is 6.61 Å². The van der Waals surface area contributed by atoms with Crippen LogP contribution in [-0.4, -0.2) is 51.9 Å². The van der Waals surface area contributed by atoms with E-state index in [1.54, 1.807) is 26.0 Å². The average Bonchev–Trinajstić information content (AvgIpc) is 2.51. The Labute approximate surface area is 145 Å². The van der Waals surface area contributed by atoms with Gasteiger partial charge in [-0.3, -0.25) is 0 Å². The fourth-order valence-corrected chi connectivity index (χ4v) is 2.47. The fourth-order valence-electron chi connectivity index (χ4n) is 2.47. The van der Waals surface area contributed by atoms with Crippen molar-refractivity contribution < 1.29 is 29.3 Å². The maximum Gasteiger partial charge on any atom is 0.426 e. The van der Waals surface area contributed by atoms with Gasteiger partial charge >= 0.3 is 12.2 Å². The van der Waals surface area contributed by atoms with Crippen LogP contribution >= 0.6 is 0 Å². The zero-order chi connectivity index (χ0) is 18.6. The van der Waals surface area contributed by atoms with Crippen LogP contribution in [-0.2, 0) is 9.47 Å². The van der Waals surface area contributed by atoms with Crippen molar-refractivity contribution in [3.63, 3.8) is 0 Å². The standard InChI is InChI=1S/C17H22N2O6/c1-11-4-6-12(7-5-11)8-9-14-13(10-24-17(2,3)25-14)19(16(22)23)18-15(20)21/h4-9,13-14,18H,10H2,1-3H3,(H,20,21)(H,22,23)/t13?,14-/m0/s1. The summed E-state index contributed by atoms with van der Waals surface area (Å²) in [6, 6.07) is 6.91. The molecule has 136 valence electrons. The number of nitrogens with one attached hydrogen (secondary N) is 1. The number of aryl methyl sites for hydroxylation is 1. The summed E-state index contributed by atoms with van der Waals surface area (Å²) in [5.41, 5.74) is 3.92. The third kappa shape index (κ3) is 5.20. The van der Waals surface area contributed by atoms with Crippen LogP contribution in [0.1, 0.15) is 25.0 Å². The molecule has 1 unspecified atom stereocenters. The van der Waals surface area contributed by atoms with Gasteiger partial charge in [0.15, 0.2) is 5.79 Å². The van der Waals surface area contributed by atoms with Gasteiger partial charge in [-0.25, -0.2) is 20.0 Å². The van der Waals surface area contributed by atoms with Gasteiger partial charge in [0.2, 0.25) is 0 Å². The predicted octanol–water partition coefficient (Wildman–Crippen LogP) is 2.69. The molecular weight excluding hydrogens is 328 g/mol. The molecule has 25 heavy (non-hydrogen) atoms. The summed E-state index contributed by atoms with van der Waals surface area (Å²) in [6.07, 6.45) is -0.0900. The van der Waals surface area contributed by atoms with Gasteiger partial charge in [-0.15, -0.1) is 0 Å². The second-order valence-corrected chi connectivity index (χ2v) is 6.20. The second-order valence-electron chi connectivity index (χ2n) is 6.20. The average molecular weight is 350 g/mol. The van der Waals surface area contributed by atoms with Gasteiger partial charge in [0.25, 0.3) is 0 Å². The molecule has 0 radical (unpaired) electrons. The summed E-state index contributed by atoms with van der Waals surface area (Å²) in [5.74, 6) is -0.911. The normalized spacial score (nSPS) is 22.5. The molecule has 1 aliphatic heterocycles. The Morgan fingerprint density at radius 3 is 2.48 bits per heavy atom. The lowest BCUT2D eigenvalue weighted by Crippen LogP contribution is -2.61. The van der Waals surface area contributed by atoms with Crippen LogP contribution < -0.4 is 5.43 Å². The lowest BCUT2D eigenvalue weighted by atomic mass is 10.1. The van der Waals surface area contributed by atoms with Crippen molar-refractivity contribution in [2.45, 2.75) is 38.7 Å². The highest BCUT2D eigenvalue weighted by atomic mass is 16.7. The van der Waals surface area contributed by atoms with Gasteiger partial charge in [-0.2, -0.15) is 0 Å². The molecule has 8 heteroatoms. The Morgan fingerprint density at radius 1 is 1.28 bits per heavy atom. The molecule has 0 saturated carbocycles. The quantitative estimate of drug-likeness (QED) is 0.723. The topological polar surface area (TPSA) is 108 Å². The van der Waals surface area contributed by atoms with Crippen LogP contribution in [0.3, 0.4) is 0 Å². The number of rotatable bonds is 3. The second kappa shape index (κ2) is 7.54. The first-order valence-corrected chi connectivity index (χ1v) is 7.76. The summed E-state index contributed by atoms with van der Waals surface area (Å²) in [6.45, 7) is 5.40. The van der Waals surface area contributed by atoms with E-state index in [9.17, 15) is 14.7 Å². The van der Waals surface area contributed by atoms with Gasteiger partial charge in [-0.1, -0.05) is 42.0 Å². The maximum atomic E-state index is 11.4. The van der Waals surface area contributed by atoms with Crippen LogP contribution in [0.5, 0.6) is 0 Å². The molecule has 2 amide bonds. The summed E-state index contributed by atoms with van der Waals surface area (Å²) in [4.78, 5) is 22.3. The third-order valence-electron chi connectivity index (χ3n) is 3.71.